The van der Waals surface area contributed by atoms with Gasteiger partial charge in [0.15, 0.2) is 0 Å². The molecule has 0 aliphatic carbocycles. The van der Waals surface area contributed by atoms with Gasteiger partial charge in [-0.05, 0) is 25.1 Å². The van der Waals surface area contributed by atoms with Gasteiger partial charge < -0.3 is 4.84 Å². The van der Waals surface area contributed by atoms with E-state index in [1.165, 1.54) is 7.11 Å². The van der Waals surface area contributed by atoms with Crippen LogP contribution in [0.3, 0.4) is 0 Å². The van der Waals surface area contributed by atoms with Crippen molar-refractivity contribution in [3.05, 3.63) is 35.4 Å². The summed E-state index contributed by atoms with van der Waals surface area (Å²) in [4.78, 5) is 4.45. The Kier molecular flexibility index (Phi) is 2.95. The Morgan fingerprint density at radius 2 is 2.08 bits per heavy atom. The Hall–Kier alpha value is -1.45. The molecule has 0 radical (unpaired) electrons. The summed E-state index contributed by atoms with van der Waals surface area (Å²) in [6.45, 7) is 1.54. The third kappa shape index (κ3) is 2.24. The highest BCUT2D eigenvalue weighted by molar-refractivity contribution is 5.98. The van der Waals surface area contributed by atoms with Crippen LogP contribution in [0.2, 0.25) is 0 Å². The zero-order chi connectivity index (χ0) is 9.84. The zero-order valence-corrected chi connectivity index (χ0v) is 7.34. The molecule has 13 heavy (non-hydrogen) atoms. The lowest BCUT2D eigenvalue weighted by Crippen LogP contribution is -2.00. The van der Waals surface area contributed by atoms with Gasteiger partial charge in [0.1, 0.15) is 18.7 Å². The summed E-state index contributed by atoms with van der Waals surface area (Å²) in [6.07, 6.45) is 0. The number of hydrogen-bond donors (Lipinski definition) is 0. The SMILES string of the molecule is CO/N=C(\C)c1cc(F)ccc1F. The molecule has 4 heteroatoms. The van der Waals surface area contributed by atoms with Crippen LogP contribution in [-0.4, -0.2) is 12.8 Å². The maximum Gasteiger partial charge on any atom is 0.132 e. The summed E-state index contributed by atoms with van der Waals surface area (Å²) < 4.78 is 25.7. The van der Waals surface area contributed by atoms with Gasteiger partial charge in [0.25, 0.3) is 0 Å². The van der Waals surface area contributed by atoms with E-state index in [1.54, 1.807) is 6.92 Å². The number of hydrogen-bond acceptors (Lipinski definition) is 2. The van der Waals surface area contributed by atoms with E-state index in [9.17, 15) is 8.78 Å². The van der Waals surface area contributed by atoms with Crippen LogP contribution in [0.5, 0.6) is 0 Å². The van der Waals surface area contributed by atoms with Crippen molar-refractivity contribution in [2.75, 3.05) is 7.11 Å². The van der Waals surface area contributed by atoms with Crippen molar-refractivity contribution < 1.29 is 13.6 Å². The van der Waals surface area contributed by atoms with Crippen LogP contribution < -0.4 is 0 Å². The maximum absolute atomic E-state index is 13.0. The van der Waals surface area contributed by atoms with Crippen LogP contribution in [0.15, 0.2) is 23.4 Å². The highest BCUT2D eigenvalue weighted by Gasteiger charge is 2.06. The average Bonchev–Trinajstić information content (AvgIpc) is 2.09. The number of oxime groups is 1. The van der Waals surface area contributed by atoms with E-state index in [0.717, 1.165) is 18.2 Å². The van der Waals surface area contributed by atoms with Crippen molar-refractivity contribution in [2.24, 2.45) is 5.16 Å². The average molecular weight is 185 g/mol. The highest BCUT2D eigenvalue weighted by atomic mass is 19.1. The fourth-order valence-corrected chi connectivity index (χ4v) is 0.961. The second-order valence-electron chi connectivity index (χ2n) is 2.48. The third-order valence-electron chi connectivity index (χ3n) is 1.55. The van der Waals surface area contributed by atoms with E-state index in [-0.39, 0.29) is 5.56 Å². The first-order valence-corrected chi connectivity index (χ1v) is 3.68. The summed E-state index contributed by atoms with van der Waals surface area (Å²) in [5.74, 6) is -1.01. The number of nitrogens with zero attached hydrogens (tertiary/aromatic N) is 1. The molecule has 0 saturated heterocycles. The molecule has 1 aromatic carbocycles. The summed E-state index contributed by atoms with van der Waals surface area (Å²) in [6, 6.07) is 3.19. The molecule has 0 aromatic heterocycles. The summed E-state index contributed by atoms with van der Waals surface area (Å²) in [5, 5.41) is 3.51. The van der Waals surface area contributed by atoms with Crippen LogP contribution >= 0.6 is 0 Å². The molecule has 0 amide bonds. The molecule has 0 unspecified atom stereocenters. The Morgan fingerprint density at radius 3 is 2.69 bits per heavy atom. The largest absolute Gasteiger partial charge is 0.399 e. The standard InChI is InChI=1S/C9H9F2NO/c1-6(12-13-2)8-5-7(10)3-4-9(8)11/h3-5H,1-2H3/b12-6+. The van der Waals surface area contributed by atoms with Crippen molar-refractivity contribution in [1.29, 1.82) is 0 Å². The lowest BCUT2D eigenvalue weighted by molar-refractivity contribution is 0.213. The molecule has 0 aliphatic heterocycles. The molecule has 0 bridgehead atoms. The van der Waals surface area contributed by atoms with Crippen molar-refractivity contribution in [3.63, 3.8) is 0 Å². The van der Waals surface area contributed by atoms with E-state index < -0.39 is 11.6 Å². The van der Waals surface area contributed by atoms with E-state index in [0.29, 0.717) is 5.71 Å². The lowest BCUT2D eigenvalue weighted by atomic mass is 10.1. The van der Waals surface area contributed by atoms with Gasteiger partial charge in [-0.1, -0.05) is 5.16 Å². The minimum atomic E-state index is -0.514. The van der Waals surface area contributed by atoms with Gasteiger partial charge >= 0.3 is 0 Å². The molecule has 0 saturated carbocycles. The maximum atomic E-state index is 13.0. The van der Waals surface area contributed by atoms with E-state index in [1.807, 2.05) is 0 Å². The Balaban J connectivity index is 3.13. The predicted octanol–water partition coefficient (Wildman–Crippen LogP) is 2.34. The Bertz CT molecular complexity index is 336. The van der Waals surface area contributed by atoms with Crippen molar-refractivity contribution in [3.8, 4) is 0 Å². The molecule has 1 rings (SSSR count). The number of rotatable bonds is 2. The topological polar surface area (TPSA) is 21.6 Å². The fraction of sp³-hybridized carbons (Fsp3) is 0.222. The fourth-order valence-electron chi connectivity index (χ4n) is 0.961. The summed E-state index contributed by atoms with van der Waals surface area (Å²) in [7, 11) is 1.35. The van der Waals surface area contributed by atoms with Gasteiger partial charge in [0.2, 0.25) is 0 Å². The van der Waals surface area contributed by atoms with Gasteiger partial charge in [0, 0.05) is 5.56 Å². The highest BCUT2D eigenvalue weighted by Crippen LogP contribution is 2.10. The van der Waals surface area contributed by atoms with Crippen molar-refractivity contribution >= 4 is 5.71 Å². The summed E-state index contributed by atoms with van der Waals surface area (Å²) >= 11 is 0. The molecular weight excluding hydrogens is 176 g/mol. The monoisotopic (exact) mass is 185 g/mol. The molecule has 70 valence electrons. The van der Waals surface area contributed by atoms with Crippen LogP contribution in [0, 0.1) is 11.6 Å². The normalized spacial score (nSPS) is 11.5. The lowest BCUT2D eigenvalue weighted by Gasteiger charge is -2.01. The molecule has 2 nitrogen and oxygen atoms in total. The van der Waals surface area contributed by atoms with E-state index in [2.05, 4.69) is 9.99 Å². The molecule has 0 atom stereocenters. The number of benzene rings is 1. The van der Waals surface area contributed by atoms with Crippen LogP contribution in [0.1, 0.15) is 12.5 Å². The minimum absolute atomic E-state index is 0.113. The van der Waals surface area contributed by atoms with Gasteiger partial charge in [-0.3, -0.25) is 0 Å². The number of halogens is 2. The quantitative estimate of drug-likeness (QED) is 0.512. The van der Waals surface area contributed by atoms with Gasteiger partial charge in [-0.15, -0.1) is 0 Å². The minimum Gasteiger partial charge on any atom is -0.399 e. The van der Waals surface area contributed by atoms with E-state index >= 15 is 0 Å². The molecule has 0 heterocycles. The van der Waals surface area contributed by atoms with Crippen LogP contribution in [0.25, 0.3) is 0 Å². The molecule has 0 N–H and O–H groups in total. The van der Waals surface area contributed by atoms with E-state index in [4.69, 9.17) is 0 Å². The van der Waals surface area contributed by atoms with Crippen LogP contribution in [0.4, 0.5) is 8.78 Å². The molecule has 1 aromatic rings. The first-order chi connectivity index (χ1) is 6.15. The molecule has 0 aliphatic rings. The Morgan fingerprint density at radius 1 is 1.38 bits per heavy atom. The first-order valence-electron chi connectivity index (χ1n) is 3.68. The second kappa shape index (κ2) is 3.98. The summed E-state index contributed by atoms with van der Waals surface area (Å²) in [5.41, 5.74) is 0.418. The molecular formula is C9H9F2NO. The first kappa shape index (κ1) is 9.64. The second-order valence-corrected chi connectivity index (χ2v) is 2.48. The smallest absolute Gasteiger partial charge is 0.132 e. The van der Waals surface area contributed by atoms with Gasteiger partial charge in [-0.25, -0.2) is 8.78 Å². The van der Waals surface area contributed by atoms with Gasteiger partial charge in [-0.2, -0.15) is 0 Å². The predicted molar refractivity (Wildman–Crippen MR) is 45.6 cm³/mol. The van der Waals surface area contributed by atoms with Crippen molar-refractivity contribution in [1.82, 2.24) is 0 Å². The van der Waals surface area contributed by atoms with Crippen LogP contribution in [-0.2, 0) is 4.84 Å². The van der Waals surface area contributed by atoms with Crippen molar-refractivity contribution in [2.45, 2.75) is 6.92 Å². The third-order valence-corrected chi connectivity index (χ3v) is 1.55. The molecule has 0 fully saturated rings. The zero-order valence-electron chi connectivity index (χ0n) is 7.34. The Labute approximate surface area is 74.8 Å². The van der Waals surface area contributed by atoms with Gasteiger partial charge in [0.05, 0.1) is 5.71 Å². The molecule has 0 spiro atoms.